The molecule has 8 heteroatoms. The molecule has 0 bridgehead atoms. The standard InChI is InChI=1S/C28H25FN4O3/c1-36-21-9-7-20(8-10-21)33-17-32-25-16-31-26(28(35)27(25)33)23-11-6-18(14-24(23)29)22-5-3-2-4-19(22)15-30-12-13-34/h2-11,14,16-17,26,30,34H,12-13,15H2,1H3. The summed E-state index contributed by atoms with van der Waals surface area (Å²) in [6.45, 7) is 1.06. The predicted molar refractivity (Wildman–Crippen MR) is 135 cm³/mol. The number of ether oxygens (including phenoxy) is 1. The van der Waals surface area contributed by atoms with Crippen LogP contribution in [0.4, 0.5) is 4.39 Å². The summed E-state index contributed by atoms with van der Waals surface area (Å²) >= 11 is 0. The van der Waals surface area contributed by atoms with E-state index in [4.69, 9.17) is 9.84 Å². The molecule has 0 amide bonds. The summed E-state index contributed by atoms with van der Waals surface area (Å²) in [5.41, 5.74) is 4.34. The molecule has 1 aromatic heterocycles. The number of fused-ring (bicyclic) bond motifs is 1. The van der Waals surface area contributed by atoms with Crippen LogP contribution < -0.4 is 10.1 Å². The number of aliphatic imine (C=N–C) groups is 1. The zero-order valence-electron chi connectivity index (χ0n) is 19.7. The minimum atomic E-state index is -0.998. The normalized spacial score (nSPS) is 14.6. The Hall–Kier alpha value is -4.14. The lowest BCUT2D eigenvalue weighted by atomic mass is 9.93. The first-order valence-corrected chi connectivity index (χ1v) is 11.6. The molecule has 1 unspecified atom stereocenters. The number of methoxy groups -OCH3 is 1. The number of hydrogen-bond acceptors (Lipinski definition) is 6. The Morgan fingerprint density at radius 2 is 1.92 bits per heavy atom. The topological polar surface area (TPSA) is 88.7 Å². The van der Waals surface area contributed by atoms with Crippen LogP contribution >= 0.6 is 0 Å². The molecule has 2 N–H and O–H groups in total. The quantitative estimate of drug-likeness (QED) is 0.367. The highest BCUT2D eigenvalue weighted by Crippen LogP contribution is 2.33. The van der Waals surface area contributed by atoms with Crippen molar-refractivity contribution in [2.24, 2.45) is 4.99 Å². The van der Waals surface area contributed by atoms with Crippen LogP contribution in [-0.2, 0) is 6.54 Å². The summed E-state index contributed by atoms with van der Waals surface area (Å²) in [5, 5.41) is 12.2. The van der Waals surface area contributed by atoms with E-state index >= 15 is 4.39 Å². The Morgan fingerprint density at radius 1 is 1.11 bits per heavy atom. The van der Waals surface area contributed by atoms with Crippen molar-refractivity contribution in [1.82, 2.24) is 14.9 Å². The number of aliphatic hydroxyl groups excluding tert-OH is 1. The summed E-state index contributed by atoms with van der Waals surface area (Å²) in [6, 6.07) is 18.8. The molecule has 2 heterocycles. The second kappa shape index (κ2) is 10.2. The van der Waals surface area contributed by atoms with Crippen LogP contribution in [0.1, 0.15) is 33.4 Å². The van der Waals surface area contributed by atoms with E-state index in [2.05, 4.69) is 15.3 Å². The number of ketones is 1. The molecular weight excluding hydrogens is 459 g/mol. The van der Waals surface area contributed by atoms with Crippen LogP contribution in [0.25, 0.3) is 16.8 Å². The number of benzene rings is 3. The molecule has 1 atom stereocenters. The SMILES string of the molecule is COc1ccc(-n2cnc3c2C(=O)C(c2ccc(-c4ccccc4CNCCO)cc2F)N=C3)cc1. The van der Waals surface area contributed by atoms with Gasteiger partial charge in [-0.1, -0.05) is 36.4 Å². The van der Waals surface area contributed by atoms with Gasteiger partial charge in [-0.15, -0.1) is 0 Å². The van der Waals surface area contributed by atoms with Crippen molar-refractivity contribution in [3.8, 4) is 22.6 Å². The van der Waals surface area contributed by atoms with Crippen molar-refractivity contribution < 1.29 is 19.0 Å². The largest absolute Gasteiger partial charge is 0.497 e. The van der Waals surface area contributed by atoms with E-state index in [1.807, 2.05) is 42.5 Å². The highest BCUT2D eigenvalue weighted by atomic mass is 19.1. The molecule has 7 nitrogen and oxygen atoms in total. The van der Waals surface area contributed by atoms with Gasteiger partial charge in [0.05, 0.1) is 19.9 Å². The molecule has 36 heavy (non-hydrogen) atoms. The number of rotatable bonds is 8. The maximum Gasteiger partial charge on any atom is 0.210 e. The van der Waals surface area contributed by atoms with Gasteiger partial charge in [-0.3, -0.25) is 14.4 Å². The van der Waals surface area contributed by atoms with Crippen LogP contribution in [0.2, 0.25) is 0 Å². The summed E-state index contributed by atoms with van der Waals surface area (Å²) in [4.78, 5) is 22.2. The van der Waals surface area contributed by atoms with E-state index in [1.54, 1.807) is 36.2 Å². The average molecular weight is 485 g/mol. The van der Waals surface area contributed by atoms with Gasteiger partial charge in [-0.2, -0.15) is 0 Å². The van der Waals surface area contributed by atoms with Crippen molar-refractivity contribution >= 4 is 12.0 Å². The van der Waals surface area contributed by atoms with Gasteiger partial charge >= 0.3 is 0 Å². The second-order valence-electron chi connectivity index (χ2n) is 8.39. The van der Waals surface area contributed by atoms with Gasteiger partial charge in [0.1, 0.15) is 35.3 Å². The zero-order chi connectivity index (χ0) is 25.1. The average Bonchev–Trinajstić information content (AvgIpc) is 3.35. The minimum Gasteiger partial charge on any atom is -0.497 e. The minimum absolute atomic E-state index is 0.0422. The lowest BCUT2D eigenvalue weighted by molar-refractivity contribution is 0.0952. The molecular formula is C28H25FN4O3. The number of imidazole rings is 1. The molecule has 3 aromatic carbocycles. The smallest absolute Gasteiger partial charge is 0.210 e. The second-order valence-corrected chi connectivity index (χ2v) is 8.39. The molecule has 4 aromatic rings. The number of carbonyl (C=O) groups excluding carboxylic acids is 1. The monoisotopic (exact) mass is 484 g/mol. The van der Waals surface area contributed by atoms with Gasteiger partial charge in [0.25, 0.3) is 0 Å². The molecule has 0 fully saturated rings. The third kappa shape index (κ3) is 4.44. The third-order valence-electron chi connectivity index (χ3n) is 6.20. The predicted octanol–water partition coefficient (Wildman–Crippen LogP) is 4.13. The van der Waals surface area contributed by atoms with Gasteiger partial charge in [0.2, 0.25) is 5.78 Å². The Bertz CT molecular complexity index is 1430. The van der Waals surface area contributed by atoms with Gasteiger partial charge < -0.3 is 15.2 Å². The number of aliphatic hydroxyl groups is 1. The fourth-order valence-corrected chi connectivity index (χ4v) is 4.38. The molecule has 0 radical (unpaired) electrons. The van der Waals surface area contributed by atoms with Crippen molar-refractivity contribution in [1.29, 1.82) is 0 Å². The number of aromatic nitrogens is 2. The third-order valence-corrected chi connectivity index (χ3v) is 6.20. The number of halogens is 1. The van der Waals surface area contributed by atoms with Gasteiger partial charge in [-0.05, 0) is 47.0 Å². The molecule has 182 valence electrons. The Labute approximate surface area is 207 Å². The van der Waals surface area contributed by atoms with Crippen molar-refractivity contribution in [3.05, 3.63) is 101 Å². The first-order chi connectivity index (χ1) is 17.6. The van der Waals surface area contributed by atoms with Crippen LogP contribution in [0.3, 0.4) is 0 Å². The molecule has 5 rings (SSSR count). The molecule has 1 aliphatic rings. The van der Waals surface area contributed by atoms with Gasteiger partial charge in [0.15, 0.2) is 0 Å². The van der Waals surface area contributed by atoms with Crippen LogP contribution in [0.15, 0.2) is 78.0 Å². The van der Waals surface area contributed by atoms with Crippen molar-refractivity contribution in [2.75, 3.05) is 20.3 Å². The summed E-state index contributed by atoms with van der Waals surface area (Å²) < 4.78 is 22.3. The van der Waals surface area contributed by atoms with E-state index in [1.165, 1.54) is 12.3 Å². The maximum atomic E-state index is 15.4. The van der Waals surface area contributed by atoms with E-state index in [0.717, 1.165) is 16.8 Å². The van der Waals surface area contributed by atoms with Crippen LogP contribution in [0, 0.1) is 5.82 Å². The fraction of sp³-hybridized carbons (Fsp3) is 0.179. The molecule has 1 aliphatic heterocycles. The number of nitrogens with zero attached hydrogens (tertiary/aromatic N) is 3. The highest BCUT2D eigenvalue weighted by molar-refractivity contribution is 6.08. The zero-order valence-corrected chi connectivity index (χ0v) is 19.7. The lowest BCUT2D eigenvalue weighted by Gasteiger charge is -2.19. The summed E-state index contributed by atoms with van der Waals surface area (Å²) in [5.74, 6) is -0.118. The Kier molecular flexibility index (Phi) is 6.71. The van der Waals surface area contributed by atoms with Crippen LogP contribution in [-0.4, -0.2) is 46.9 Å². The molecule has 0 saturated heterocycles. The molecule has 0 aliphatic carbocycles. The van der Waals surface area contributed by atoms with Crippen molar-refractivity contribution in [2.45, 2.75) is 12.6 Å². The van der Waals surface area contributed by atoms with E-state index < -0.39 is 11.9 Å². The highest BCUT2D eigenvalue weighted by Gasteiger charge is 2.32. The Morgan fingerprint density at radius 3 is 2.67 bits per heavy atom. The van der Waals surface area contributed by atoms with Gasteiger partial charge in [-0.25, -0.2) is 9.37 Å². The van der Waals surface area contributed by atoms with Crippen LogP contribution in [0.5, 0.6) is 5.75 Å². The van der Waals surface area contributed by atoms with E-state index in [-0.39, 0.29) is 18.0 Å². The molecule has 0 saturated carbocycles. The lowest BCUT2D eigenvalue weighted by Crippen LogP contribution is -2.21. The Balaban J connectivity index is 1.45. The van der Waals surface area contributed by atoms with Gasteiger partial charge in [0, 0.05) is 24.3 Å². The first-order valence-electron chi connectivity index (χ1n) is 11.6. The van der Waals surface area contributed by atoms with E-state index in [9.17, 15) is 4.79 Å². The number of Topliss-reactive ketones (excluding diaryl/α,β-unsaturated/α-hetero) is 1. The number of nitrogens with one attached hydrogen (secondary N) is 1. The maximum absolute atomic E-state index is 15.4. The fourth-order valence-electron chi connectivity index (χ4n) is 4.38. The summed E-state index contributed by atoms with van der Waals surface area (Å²) in [6.07, 6.45) is 3.09. The number of hydrogen-bond donors (Lipinski definition) is 2. The number of carbonyl (C=O) groups is 1. The van der Waals surface area contributed by atoms with Crippen molar-refractivity contribution in [3.63, 3.8) is 0 Å². The first kappa shape index (κ1) is 23.6. The molecule has 0 spiro atoms. The summed E-state index contributed by atoms with van der Waals surface area (Å²) in [7, 11) is 1.59. The van der Waals surface area contributed by atoms with E-state index in [0.29, 0.717) is 35.8 Å².